The number of aromatic nitrogens is 1. The Morgan fingerprint density at radius 3 is 2.58 bits per heavy atom. The van der Waals surface area contributed by atoms with Gasteiger partial charge >= 0.3 is 0 Å². The molecule has 0 aliphatic heterocycles. The molecule has 1 aromatic rings. The lowest BCUT2D eigenvalue weighted by Gasteiger charge is -2.30. The van der Waals surface area contributed by atoms with Crippen LogP contribution < -0.4 is 10.5 Å². The Balaban J connectivity index is 2.15. The van der Waals surface area contributed by atoms with Crippen molar-refractivity contribution in [1.82, 2.24) is 9.88 Å². The molecule has 0 spiro atoms. The zero-order chi connectivity index (χ0) is 14.2. The van der Waals surface area contributed by atoms with Crippen molar-refractivity contribution in [3.63, 3.8) is 0 Å². The van der Waals surface area contributed by atoms with E-state index in [0.29, 0.717) is 0 Å². The smallest absolute Gasteiger partial charge is 0.271 e. The molecule has 0 bridgehead atoms. The molecular formula is C11H17N3O4S. The second-order valence-electron chi connectivity index (χ2n) is 4.90. The van der Waals surface area contributed by atoms with Crippen LogP contribution in [-0.4, -0.2) is 19.5 Å². The van der Waals surface area contributed by atoms with Crippen molar-refractivity contribution >= 4 is 21.7 Å². The summed E-state index contributed by atoms with van der Waals surface area (Å²) in [5.41, 5.74) is 5.44. The van der Waals surface area contributed by atoms with Crippen molar-refractivity contribution in [2.75, 3.05) is 5.73 Å². The van der Waals surface area contributed by atoms with Crippen molar-refractivity contribution in [1.29, 1.82) is 0 Å². The number of sulfonamides is 1. The highest BCUT2D eigenvalue weighted by Crippen LogP contribution is 2.33. The number of nitrogens with one attached hydrogen (secondary N) is 1. The zero-order valence-corrected chi connectivity index (χ0v) is 11.7. The van der Waals surface area contributed by atoms with E-state index in [0.717, 1.165) is 19.3 Å². The van der Waals surface area contributed by atoms with Gasteiger partial charge in [0.25, 0.3) is 10.0 Å². The van der Waals surface area contributed by atoms with Gasteiger partial charge in [0.15, 0.2) is 16.5 Å². The molecule has 1 amide bonds. The van der Waals surface area contributed by atoms with Gasteiger partial charge in [-0.1, -0.05) is 18.5 Å². The minimum Gasteiger partial charge on any atom is -0.380 e. The summed E-state index contributed by atoms with van der Waals surface area (Å²) in [6, 6.07) is 0. The predicted octanol–water partition coefficient (Wildman–Crippen LogP) is 0.806. The van der Waals surface area contributed by atoms with Crippen molar-refractivity contribution in [2.24, 2.45) is 11.8 Å². The molecule has 1 saturated carbocycles. The Bertz CT molecular complexity index is 570. The van der Waals surface area contributed by atoms with Gasteiger partial charge in [-0.15, -0.1) is 0 Å². The number of aryl methyl sites for hydroxylation is 1. The lowest BCUT2D eigenvalue weighted by Crippen LogP contribution is -2.39. The van der Waals surface area contributed by atoms with Crippen LogP contribution in [-0.2, 0) is 14.8 Å². The number of hydrogen-bond donors (Lipinski definition) is 2. The predicted molar refractivity (Wildman–Crippen MR) is 67.5 cm³/mol. The Morgan fingerprint density at radius 2 is 2.16 bits per heavy atom. The minimum atomic E-state index is -4.02. The Morgan fingerprint density at radius 1 is 1.53 bits per heavy atom. The molecule has 2 rings (SSSR count). The molecule has 1 aliphatic rings. The summed E-state index contributed by atoms with van der Waals surface area (Å²) in [6.45, 7) is 3.16. The molecule has 1 aliphatic carbocycles. The number of nitrogens with two attached hydrogens (primary N) is 1. The van der Waals surface area contributed by atoms with E-state index < -0.39 is 15.9 Å². The topological polar surface area (TPSA) is 115 Å². The summed E-state index contributed by atoms with van der Waals surface area (Å²) in [6.07, 6.45) is 3.01. The number of rotatable bonds is 4. The standard InChI is InChI=1S/C11H17N3O4S/c1-6(8-4-3-5-8)11(15)14-19(16,17)9-7(2)18-13-10(9)12/h6,8H,3-5H2,1-2H3,(H2,12,13)(H,14,15). The van der Waals surface area contributed by atoms with E-state index >= 15 is 0 Å². The molecule has 1 aromatic heterocycles. The fraction of sp³-hybridized carbons (Fsp3) is 0.636. The molecule has 0 aromatic carbocycles. The SMILES string of the molecule is Cc1onc(N)c1S(=O)(=O)NC(=O)C(C)C1CCC1. The second kappa shape index (κ2) is 4.84. The van der Waals surface area contributed by atoms with E-state index in [1.807, 2.05) is 4.72 Å². The molecule has 0 saturated heterocycles. The van der Waals surface area contributed by atoms with Crippen molar-refractivity contribution in [3.8, 4) is 0 Å². The molecule has 1 atom stereocenters. The monoisotopic (exact) mass is 287 g/mol. The highest BCUT2D eigenvalue weighted by molar-refractivity contribution is 7.90. The molecule has 3 N–H and O–H groups in total. The molecular weight excluding hydrogens is 270 g/mol. The quantitative estimate of drug-likeness (QED) is 0.846. The van der Waals surface area contributed by atoms with Gasteiger partial charge in [0, 0.05) is 5.92 Å². The van der Waals surface area contributed by atoms with Gasteiger partial charge in [-0.05, 0) is 25.7 Å². The van der Waals surface area contributed by atoms with Gasteiger partial charge in [-0.2, -0.15) is 0 Å². The third-order valence-corrected chi connectivity index (χ3v) is 5.11. The van der Waals surface area contributed by atoms with Crippen LogP contribution in [0.4, 0.5) is 5.82 Å². The van der Waals surface area contributed by atoms with E-state index in [2.05, 4.69) is 5.16 Å². The zero-order valence-electron chi connectivity index (χ0n) is 10.8. The normalized spacial score (nSPS) is 17.8. The first kappa shape index (κ1) is 13.9. The maximum atomic E-state index is 12.1. The van der Waals surface area contributed by atoms with Crippen LogP contribution in [0.1, 0.15) is 31.9 Å². The number of carbonyl (C=O) groups is 1. The van der Waals surface area contributed by atoms with Crippen LogP contribution in [0, 0.1) is 18.8 Å². The minimum absolute atomic E-state index is 0.0640. The molecule has 19 heavy (non-hydrogen) atoms. The number of amides is 1. The van der Waals surface area contributed by atoms with Crippen molar-refractivity contribution in [2.45, 2.75) is 38.0 Å². The van der Waals surface area contributed by atoms with E-state index in [1.165, 1.54) is 6.92 Å². The first-order chi connectivity index (χ1) is 8.83. The summed E-state index contributed by atoms with van der Waals surface area (Å²) < 4.78 is 30.9. The maximum absolute atomic E-state index is 12.1. The molecule has 8 heteroatoms. The molecule has 0 radical (unpaired) electrons. The average Bonchev–Trinajstić information content (AvgIpc) is 2.55. The van der Waals surface area contributed by atoms with Crippen molar-refractivity contribution in [3.05, 3.63) is 5.76 Å². The van der Waals surface area contributed by atoms with Crippen LogP contribution >= 0.6 is 0 Å². The molecule has 1 heterocycles. The number of nitrogen functional groups attached to an aromatic ring is 1. The highest BCUT2D eigenvalue weighted by Gasteiger charge is 2.33. The summed E-state index contributed by atoms with van der Waals surface area (Å²) in [5.74, 6) is -0.756. The van der Waals surface area contributed by atoms with Crippen LogP contribution in [0.25, 0.3) is 0 Å². The van der Waals surface area contributed by atoms with Crippen LogP contribution in [0.2, 0.25) is 0 Å². The second-order valence-corrected chi connectivity index (χ2v) is 6.52. The average molecular weight is 287 g/mol. The Kier molecular flexibility index (Phi) is 3.53. The van der Waals surface area contributed by atoms with E-state index in [4.69, 9.17) is 10.3 Å². The first-order valence-electron chi connectivity index (χ1n) is 6.11. The Hall–Kier alpha value is -1.57. The van der Waals surface area contributed by atoms with Crippen molar-refractivity contribution < 1.29 is 17.7 Å². The fourth-order valence-corrected chi connectivity index (χ4v) is 3.42. The van der Waals surface area contributed by atoms with Crippen LogP contribution in [0.15, 0.2) is 9.42 Å². The van der Waals surface area contributed by atoms with Gasteiger partial charge in [-0.25, -0.2) is 13.1 Å². The molecule has 7 nitrogen and oxygen atoms in total. The Labute approximate surface area is 111 Å². The first-order valence-corrected chi connectivity index (χ1v) is 7.59. The summed E-state index contributed by atoms with van der Waals surface area (Å²) in [7, 11) is -4.02. The summed E-state index contributed by atoms with van der Waals surface area (Å²) >= 11 is 0. The molecule has 106 valence electrons. The van der Waals surface area contributed by atoms with Gasteiger partial charge < -0.3 is 10.3 Å². The highest BCUT2D eigenvalue weighted by atomic mass is 32.2. The van der Waals surface area contributed by atoms with Crippen LogP contribution in [0.5, 0.6) is 0 Å². The summed E-state index contributed by atoms with van der Waals surface area (Å²) in [5, 5.41) is 3.37. The number of hydrogen-bond acceptors (Lipinski definition) is 6. The van der Waals surface area contributed by atoms with Crippen LogP contribution in [0.3, 0.4) is 0 Å². The van der Waals surface area contributed by atoms with Gasteiger partial charge in [0.2, 0.25) is 5.91 Å². The third-order valence-electron chi connectivity index (χ3n) is 3.61. The fourth-order valence-electron chi connectivity index (χ4n) is 2.14. The number of nitrogens with zero attached hydrogens (tertiary/aromatic N) is 1. The van der Waals surface area contributed by atoms with E-state index in [-0.39, 0.29) is 28.3 Å². The molecule has 1 fully saturated rings. The maximum Gasteiger partial charge on any atom is 0.271 e. The lowest BCUT2D eigenvalue weighted by molar-refractivity contribution is -0.125. The molecule has 1 unspecified atom stereocenters. The van der Waals surface area contributed by atoms with Gasteiger partial charge in [-0.3, -0.25) is 4.79 Å². The summed E-state index contributed by atoms with van der Waals surface area (Å²) in [4.78, 5) is 11.7. The number of carbonyl (C=O) groups excluding carboxylic acids is 1. The third kappa shape index (κ3) is 2.58. The van der Waals surface area contributed by atoms with Gasteiger partial charge in [0.1, 0.15) is 0 Å². The number of anilines is 1. The van der Waals surface area contributed by atoms with Gasteiger partial charge in [0.05, 0.1) is 0 Å². The lowest BCUT2D eigenvalue weighted by atomic mass is 9.76. The largest absolute Gasteiger partial charge is 0.380 e. The van der Waals surface area contributed by atoms with E-state index in [9.17, 15) is 13.2 Å². The van der Waals surface area contributed by atoms with E-state index in [1.54, 1.807) is 6.92 Å².